The minimum atomic E-state index is -0.328. The molecular weight excluding hydrogens is 226 g/mol. The minimum Gasteiger partial charge on any atom is -0.488 e. The lowest BCUT2D eigenvalue weighted by molar-refractivity contribution is 0.0605. The van der Waals surface area contributed by atoms with E-state index in [1.807, 2.05) is 31.2 Å². The molecule has 1 aromatic carbocycles. The van der Waals surface area contributed by atoms with E-state index in [1.165, 1.54) is 0 Å². The van der Waals surface area contributed by atoms with Gasteiger partial charge in [-0.2, -0.15) is 0 Å². The third kappa shape index (κ3) is 2.18. The van der Waals surface area contributed by atoms with Crippen molar-refractivity contribution in [2.45, 2.75) is 38.4 Å². The highest BCUT2D eigenvalue weighted by molar-refractivity contribution is 5.80. The van der Waals surface area contributed by atoms with Crippen molar-refractivity contribution in [2.75, 3.05) is 0 Å². The van der Waals surface area contributed by atoms with Gasteiger partial charge in [-0.1, -0.05) is 6.07 Å². The van der Waals surface area contributed by atoms with Crippen LogP contribution in [-0.2, 0) is 0 Å². The summed E-state index contributed by atoms with van der Waals surface area (Å²) in [6, 6.07) is 9.98. The highest BCUT2D eigenvalue weighted by Crippen LogP contribution is 2.26. The lowest BCUT2D eigenvalue weighted by Gasteiger charge is -2.17. The maximum Gasteiger partial charge on any atom is 0.124 e. The van der Waals surface area contributed by atoms with Gasteiger partial charge in [-0.25, -0.2) is 0 Å². The van der Waals surface area contributed by atoms with Gasteiger partial charge in [0.25, 0.3) is 0 Å². The Balaban J connectivity index is 1.88. The maximum absolute atomic E-state index is 9.77. The van der Waals surface area contributed by atoms with Gasteiger partial charge in [-0.05, 0) is 44.4 Å². The van der Waals surface area contributed by atoms with E-state index in [2.05, 4.69) is 11.1 Å². The molecule has 2 atom stereocenters. The molecule has 0 aliphatic heterocycles. The van der Waals surface area contributed by atoms with E-state index in [4.69, 9.17) is 4.74 Å². The van der Waals surface area contributed by atoms with Crippen LogP contribution in [0.1, 0.15) is 25.0 Å². The third-order valence-electron chi connectivity index (χ3n) is 3.51. The normalized spacial score (nSPS) is 23.4. The van der Waals surface area contributed by atoms with E-state index >= 15 is 0 Å². The molecule has 1 aromatic heterocycles. The molecule has 1 aliphatic rings. The van der Waals surface area contributed by atoms with Crippen LogP contribution in [0.3, 0.4) is 0 Å². The third-order valence-corrected chi connectivity index (χ3v) is 3.51. The Kier molecular flexibility index (Phi) is 2.92. The van der Waals surface area contributed by atoms with Gasteiger partial charge < -0.3 is 9.84 Å². The first-order chi connectivity index (χ1) is 8.72. The van der Waals surface area contributed by atoms with Crippen LogP contribution in [0.25, 0.3) is 10.9 Å². The summed E-state index contributed by atoms with van der Waals surface area (Å²) < 4.78 is 5.85. The van der Waals surface area contributed by atoms with Crippen molar-refractivity contribution in [3.8, 4) is 5.75 Å². The Morgan fingerprint density at radius 1 is 1.22 bits per heavy atom. The van der Waals surface area contributed by atoms with E-state index in [-0.39, 0.29) is 12.2 Å². The molecular formula is C15H17NO2. The van der Waals surface area contributed by atoms with Gasteiger partial charge in [-0.3, -0.25) is 4.98 Å². The van der Waals surface area contributed by atoms with Crippen LogP contribution < -0.4 is 4.74 Å². The van der Waals surface area contributed by atoms with Crippen LogP contribution in [0.15, 0.2) is 30.3 Å². The standard InChI is InChI=1S/C15H17NO2/c1-10-5-6-11-7-8-12(9-13(11)16-10)18-15-4-2-3-14(15)17/h5-9,14-15,17H,2-4H2,1H3. The molecule has 1 saturated carbocycles. The predicted octanol–water partition coefficient (Wildman–Crippen LogP) is 2.84. The number of aliphatic hydroxyl groups is 1. The molecule has 94 valence electrons. The Morgan fingerprint density at radius 3 is 2.83 bits per heavy atom. The number of hydrogen-bond donors (Lipinski definition) is 1. The van der Waals surface area contributed by atoms with Crippen LogP contribution in [0.5, 0.6) is 5.75 Å². The minimum absolute atomic E-state index is 0.0627. The first-order valence-corrected chi connectivity index (χ1v) is 6.44. The van der Waals surface area contributed by atoms with Crippen LogP contribution in [-0.4, -0.2) is 22.3 Å². The fourth-order valence-electron chi connectivity index (χ4n) is 2.49. The van der Waals surface area contributed by atoms with Crippen LogP contribution in [0.4, 0.5) is 0 Å². The number of ether oxygens (including phenoxy) is 1. The highest BCUT2D eigenvalue weighted by atomic mass is 16.5. The average molecular weight is 243 g/mol. The lowest BCUT2D eigenvalue weighted by atomic mass is 10.2. The average Bonchev–Trinajstić information content (AvgIpc) is 2.74. The van der Waals surface area contributed by atoms with Crippen molar-refractivity contribution < 1.29 is 9.84 Å². The SMILES string of the molecule is Cc1ccc2ccc(OC3CCCC3O)cc2n1. The molecule has 18 heavy (non-hydrogen) atoms. The number of aromatic nitrogens is 1. The lowest BCUT2D eigenvalue weighted by Crippen LogP contribution is -2.25. The first-order valence-electron chi connectivity index (χ1n) is 6.44. The zero-order chi connectivity index (χ0) is 12.5. The van der Waals surface area contributed by atoms with Crippen molar-refractivity contribution in [3.63, 3.8) is 0 Å². The van der Waals surface area contributed by atoms with Crippen LogP contribution in [0.2, 0.25) is 0 Å². The van der Waals surface area contributed by atoms with E-state index < -0.39 is 0 Å². The number of pyridine rings is 1. The van der Waals surface area contributed by atoms with Crippen LogP contribution >= 0.6 is 0 Å². The van der Waals surface area contributed by atoms with E-state index in [0.717, 1.165) is 41.6 Å². The van der Waals surface area contributed by atoms with Gasteiger partial charge in [0, 0.05) is 17.1 Å². The van der Waals surface area contributed by atoms with Gasteiger partial charge in [-0.15, -0.1) is 0 Å². The zero-order valence-corrected chi connectivity index (χ0v) is 10.5. The summed E-state index contributed by atoms with van der Waals surface area (Å²) in [6.45, 7) is 1.98. The van der Waals surface area contributed by atoms with Crippen molar-refractivity contribution in [2.24, 2.45) is 0 Å². The molecule has 2 unspecified atom stereocenters. The number of fused-ring (bicyclic) bond motifs is 1. The zero-order valence-electron chi connectivity index (χ0n) is 10.5. The van der Waals surface area contributed by atoms with Gasteiger partial charge >= 0.3 is 0 Å². The summed E-state index contributed by atoms with van der Waals surface area (Å²) in [5.41, 5.74) is 1.94. The van der Waals surface area contributed by atoms with E-state index in [0.29, 0.717) is 0 Å². The summed E-state index contributed by atoms with van der Waals surface area (Å²) >= 11 is 0. The Bertz CT molecular complexity index is 567. The van der Waals surface area contributed by atoms with Crippen molar-refractivity contribution in [3.05, 3.63) is 36.0 Å². The first kappa shape index (κ1) is 11.5. The van der Waals surface area contributed by atoms with Gasteiger partial charge in [0.05, 0.1) is 11.6 Å². The second kappa shape index (κ2) is 4.58. The van der Waals surface area contributed by atoms with Gasteiger partial charge in [0.2, 0.25) is 0 Å². The Hall–Kier alpha value is -1.61. The molecule has 0 saturated heterocycles. The van der Waals surface area contributed by atoms with Gasteiger partial charge in [0.1, 0.15) is 11.9 Å². The molecule has 0 bridgehead atoms. The fourth-order valence-corrected chi connectivity index (χ4v) is 2.49. The van der Waals surface area contributed by atoms with Crippen molar-refractivity contribution >= 4 is 10.9 Å². The largest absolute Gasteiger partial charge is 0.488 e. The summed E-state index contributed by atoms with van der Waals surface area (Å²) in [5, 5.41) is 10.9. The van der Waals surface area contributed by atoms with Crippen molar-refractivity contribution in [1.29, 1.82) is 0 Å². The summed E-state index contributed by atoms with van der Waals surface area (Å²) in [6.07, 6.45) is 2.42. The second-order valence-corrected chi connectivity index (χ2v) is 4.96. The topological polar surface area (TPSA) is 42.4 Å². The molecule has 2 aromatic rings. The summed E-state index contributed by atoms with van der Waals surface area (Å²) in [4.78, 5) is 4.49. The predicted molar refractivity (Wildman–Crippen MR) is 70.8 cm³/mol. The Morgan fingerprint density at radius 2 is 2.06 bits per heavy atom. The van der Waals surface area contributed by atoms with Crippen molar-refractivity contribution in [1.82, 2.24) is 4.98 Å². The highest BCUT2D eigenvalue weighted by Gasteiger charge is 2.26. The molecule has 0 amide bonds. The number of hydrogen-bond acceptors (Lipinski definition) is 3. The summed E-state index contributed by atoms with van der Waals surface area (Å²) in [5.74, 6) is 0.798. The van der Waals surface area contributed by atoms with Crippen LogP contribution in [0, 0.1) is 6.92 Å². The molecule has 0 spiro atoms. The molecule has 1 fully saturated rings. The quantitative estimate of drug-likeness (QED) is 0.882. The van der Waals surface area contributed by atoms with Gasteiger partial charge in [0.15, 0.2) is 0 Å². The molecule has 1 heterocycles. The smallest absolute Gasteiger partial charge is 0.124 e. The van der Waals surface area contributed by atoms with E-state index in [9.17, 15) is 5.11 Å². The molecule has 1 N–H and O–H groups in total. The fraction of sp³-hybridized carbons (Fsp3) is 0.400. The molecule has 3 heteroatoms. The molecule has 3 nitrogen and oxygen atoms in total. The molecule has 1 aliphatic carbocycles. The number of benzene rings is 1. The number of aliphatic hydroxyl groups excluding tert-OH is 1. The Labute approximate surface area is 106 Å². The number of aryl methyl sites for hydroxylation is 1. The maximum atomic E-state index is 9.77. The molecule has 0 radical (unpaired) electrons. The van der Waals surface area contributed by atoms with E-state index in [1.54, 1.807) is 0 Å². The monoisotopic (exact) mass is 243 g/mol. The number of nitrogens with zero attached hydrogens (tertiary/aromatic N) is 1. The number of rotatable bonds is 2. The second-order valence-electron chi connectivity index (χ2n) is 4.96. The molecule has 3 rings (SSSR count). The summed E-state index contributed by atoms with van der Waals surface area (Å²) in [7, 11) is 0.